The molecule has 3 aromatic rings. The molecule has 0 atom stereocenters. The van der Waals surface area contributed by atoms with E-state index in [0.717, 1.165) is 31.0 Å². The molecule has 2 heterocycles. The zero-order chi connectivity index (χ0) is 17.0. The third-order valence-corrected chi connectivity index (χ3v) is 4.10. The summed E-state index contributed by atoms with van der Waals surface area (Å²) < 4.78 is 2.07. The molecule has 2 aromatic heterocycles. The Hall–Kier alpha value is -2.24. The fraction of sp³-hybridized carbons (Fsp3) is 0.368. The van der Waals surface area contributed by atoms with Crippen molar-refractivity contribution < 1.29 is 0 Å². The lowest BCUT2D eigenvalue weighted by Gasteiger charge is -2.31. The summed E-state index contributed by atoms with van der Waals surface area (Å²) in [5, 5.41) is 3.65. The highest BCUT2D eigenvalue weighted by Crippen LogP contribution is 2.11. The maximum atomic E-state index is 4.39. The van der Waals surface area contributed by atoms with E-state index >= 15 is 0 Å². The Labute approximate surface area is 143 Å². The average Bonchev–Trinajstić information content (AvgIpc) is 2.97. The quantitative estimate of drug-likeness (QED) is 0.726. The highest BCUT2D eigenvalue weighted by Gasteiger charge is 2.20. The van der Waals surface area contributed by atoms with Crippen molar-refractivity contribution in [2.75, 3.05) is 13.6 Å². The van der Waals surface area contributed by atoms with Crippen LogP contribution in [0.3, 0.4) is 0 Å². The zero-order valence-corrected chi connectivity index (χ0v) is 14.6. The Bertz CT molecular complexity index is 779. The molecule has 24 heavy (non-hydrogen) atoms. The largest absolute Gasteiger partial charge is 0.305 e. The summed E-state index contributed by atoms with van der Waals surface area (Å²) in [5.41, 5.74) is 3.37. The number of hydrogen-bond donors (Lipinski definition) is 1. The van der Waals surface area contributed by atoms with Crippen LogP contribution in [0.1, 0.15) is 25.1 Å². The van der Waals surface area contributed by atoms with Gasteiger partial charge in [-0.05, 0) is 26.5 Å². The number of benzene rings is 1. The van der Waals surface area contributed by atoms with Gasteiger partial charge < -0.3 is 10.2 Å². The van der Waals surface area contributed by atoms with Crippen molar-refractivity contribution in [3.63, 3.8) is 0 Å². The third-order valence-electron chi connectivity index (χ3n) is 4.10. The summed E-state index contributed by atoms with van der Waals surface area (Å²) in [6.07, 6.45) is 7.43. The fourth-order valence-electron chi connectivity index (χ4n) is 3.04. The van der Waals surface area contributed by atoms with Gasteiger partial charge in [0.1, 0.15) is 0 Å². The van der Waals surface area contributed by atoms with Crippen LogP contribution in [0.5, 0.6) is 0 Å². The molecule has 0 unspecified atom stereocenters. The molecular weight excluding hydrogens is 298 g/mol. The molecule has 5 heteroatoms. The van der Waals surface area contributed by atoms with Gasteiger partial charge in [-0.1, -0.05) is 30.3 Å². The van der Waals surface area contributed by atoms with Gasteiger partial charge in [0.15, 0.2) is 5.65 Å². The standard InChI is InChI=1S/C19H25N5/c1-19(2,15-23(3)14-16-7-5-4-6-8-16)22-12-17-11-21-18-13-20-9-10-24(17)18/h4-11,13,22H,12,14-15H2,1-3H3. The monoisotopic (exact) mass is 323 g/mol. The highest BCUT2D eigenvalue weighted by atomic mass is 15.1. The molecule has 1 N–H and O–H groups in total. The van der Waals surface area contributed by atoms with Crippen LogP contribution in [0, 0.1) is 0 Å². The average molecular weight is 323 g/mol. The van der Waals surface area contributed by atoms with Gasteiger partial charge >= 0.3 is 0 Å². The molecule has 0 amide bonds. The number of rotatable bonds is 7. The minimum absolute atomic E-state index is 0.000708. The number of likely N-dealkylation sites (N-methyl/N-ethyl adjacent to an activating group) is 1. The summed E-state index contributed by atoms with van der Waals surface area (Å²) in [6.45, 7) is 7.16. The van der Waals surface area contributed by atoms with E-state index in [2.05, 4.69) is 75.8 Å². The number of imidazole rings is 1. The van der Waals surface area contributed by atoms with Crippen molar-refractivity contribution in [1.82, 2.24) is 24.6 Å². The third kappa shape index (κ3) is 4.19. The molecule has 0 aliphatic carbocycles. The van der Waals surface area contributed by atoms with Crippen LogP contribution in [0.15, 0.2) is 55.1 Å². The van der Waals surface area contributed by atoms with Gasteiger partial charge in [-0.25, -0.2) is 4.98 Å². The Morgan fingerprint density at radius 1 is 1.17 bits per heavy atom. The molecule has 3 rings (SSSR count). The zero-order valence-electron chi connectivity index (χ0n) is 14.6. The minimum atomic E-state index is 0.000708. The maximum absolute atomic E-state index is 4.39. The van der Waals surface area contributed by atoms with Crippen LogP contribution in [-0.4, -0.2) is 38.4 Å². The van der Waals surface area contributed by atoms with Gasteiger partial charge in [-0.3, -0.25) is 9.38 Å². The van der Waals surface area contributed by atoms with Crippen molar-refractivity contribution in [3.05, 3.63) is 66.4 Å². The van der Waals surface area contributed by atoms with Gasteiger partial charge in [0, 0.05) is 37.6 Å². The number of nitrogens with one attached hydrogen (secondary N) is 1. The normalized spacial score (nSPS) is 12.2. The van der Waals surface area contributed by atoms with Crippen molar-refractivity contribution in [2.45, 2.75) is 32.5 Å². The van der Waals surface area contributed by atoms with E-state index in [1.54, 1.807) is 12.4 Å². The first-order valence-electron chi connectivity index (χ1n) is 8.27. The first kappa shape index (κ1) is 16.6. The predicted molar refractivity (Wildman–Crippen MR) is 96.7 cm³/mol. The highest BCUT2D eigenvalue weighted by molar-refractivity contribution is 5.36. The number of nitrogens with zero attached hydrogens (tertiary/aromatic N) is 4. The Balaban J connectivity index is 1.57. The lowest BCUT2D eigenvalue weighted by molar-refractivity contribution is 0.227. The second kappa shape index (κ2) is 7.11. The second-order valence-electron chi connectivity index (χ2n) is 6.95. The lowest BCUT2D eigenvalue weighted by Crippen LogP contribution is -2.47. The lowest BCUT2D eigenvalue weighted by atomic mass is 10.0. The number of aromatic nitrogens is 3. The molecule has 5 nitrogen and oxygen atoms in total. The van der Waals surface area contributed by atoms with Crippen LogP contribution >= 0.6 is 0 Å². The molecule has 0 saturated heterocycles. The summed E-state index contributed by atoms with van der Waals surface area (Å²) in [4.78, 5) is 10.8. The Kier molecular flexibility index (Phi) is 4.92. The summed E-state index contributed by atoms with van der Waals surface area (Å²) in [5.74, 6) is 0. The van der Waals surface area contributed by atoms with E-state index in [9.17, 15) is 0 Å². The Morgan fingerprint density at radius 2 is 1.96 bits per heavy atom. The van der Waals surface area contributed by atoms with Crippen molar-refractivity contribution in [3.8, 4) is 0 Å². The molecule has 0 aliphatic heterocycles. The Morgan fingerprint density at radius 3 is 2.75 bits per heavy atom. The van der Waals surface area contributed by atoms with Crippen molar-refractivity contribution >= 4 is 5.65 Å². The van der Waals surface area contributed by atoms with Crippen LogP contribution in [-0.2, 0) is 13.1 Å². The summed E-state index contributed by atoms with van der Waals surface area (Å²) in [6, 6.07) is 10.6. The SMILES string of the molecule is CN(Cc1ccccc1)CC(C)(C)NCc1cnc2cnccn12. The summed E-state index contributed by atoms with van der Waals surface area (Å²) >= 11 is 0. The molecule has 1 aromatic carbocycles. The van der Waals surface area contributed by atoms with Gasteiger partial charge in [0.25, 0.3) is 0 Å². The van der Waals surface area contributed by atoms with Crippen LogP contribution in [0.25, 0.3) is 5.65 Å². The first-order valence-corrected chi connectivity index (χ1v) is 8.27. The van der Waals surface area contributed by atoms with Crippen LogP contribution < -0.4 is 5.32 Å². The minimum Gasteiger partial charge on any atom is -0.305 e. The molecule has 0 saturated carbocycles. The van der Waals surface area contributed by atoms with E-state index in [1.165, 1.54) is 5.56 Å². The molecule has 126 valence electrons. The molecular formula is C19H25N5. The molecule has 0 radical (unpaired) electrons. The topological polar surface area (TPSA) is 45.5 Å². The van der Waals surface area contributed by atoms with Gasteiger partial charge in [0.2, 0.25) is 0 Å². The molecule has 0 bridgehead atoms. The molecule has 0 aliphatic rings. The predicted octanol–water partition coefficient (Wildman–Crippen LogP) is 2.73. The molecule has 0 spiro atoms. The van der Waals surface area contributed by atoms with E-state index in [0.29, 0.717) is 0 Å². The number of fused-ring (bicyclic) bond motifs is 1. The maximum Gasteiger partial charge on any atom is 0.155 e. The summed E-state index contributed by atoms with van der Waals surface area (Å²) in [7, 11) is 2.16. The van der Waals surface area contributed by atoms with Gasteiger partial charge in [-0.2, -0.15) is 0 Å². The second-order valence-corrected chi connectivity index (χ2v) is 6.95. The van der Waals surface area contributed by atoms with Gasteiger partial charge in [0.05, 0.1) is 18.1 Å². The first-order chi connectivity index (χ1) is 11.5. The van der Waals surface area contributed by atoms with E-state index in [4.69, 9.17) is 0 Å². The van der Waals surface area contributed by atoms with Crippen molar-refractivity contribution in [2.24, 2.45) is 0 Å². The smallest absolute Gasteiger partial charge is 0.155 e. The molecule has 0 fully saturated rings. The fourth-order valence-corrected chi connectivity index (χ4v) is 3.04. The van der Waals surface area contributed by atoms with Gasteiger partial charge in [-0.15, -0.1) is 0 Å². The van der Waals surface area contributed by atoms with Crippen LogP contribution in [0.2, 0.25) is 0 Å². The van der Waals surface area contributed by atoms with E-state index in [-0.39, 0.29) is 5.54 Å². The van der Waals surface area contributed by atoms with E-state index < -0.39 is 0 Å². The van der Waals surface area contributed by atoms with Crippen LogP contribution in [0.4, 0.5) is 0 Å². The van der Waals surface area contributed by atoms with E-state index in [1.807, 2.05) is 12.4 Å². The van der Waals surface area contributed by atoms with Crippen molar-refractivity contribution in [1.29, 1.82) is 0 Å². The number of hydrogen-bond acceptors (Lipinski definition) is 4.